The van der Waals surface area contributed by atoms with Crippen molar-refractivity contribution in [1.82, 2.24) is 30.1 Å². The lowest BCUT2D eigenvalue weighted by Gasteiger charge is -2.31. The summed E-state index contributed by atoms with van der Waals surface area (Å²) in [5.41, 5.74) is 5.87. The number of ether oxygens (including phenoxy) is 1. The summed E-state index contributed by atoms with van der Waals surface area (Å²) in [6.45, 7) is 3.85. The van der Waals surface area contributed by atoms with Crippen LogP contribution in [-0.2, 0) is 32.5 Å². The molecule has 6 aromatic rings. The SMILES string of the molecule is CCc1ccc2[nH]c(=O)c([C@H](c3nnnn3CCc3ccccc3)N(Cc3ccccc3)Cc3ccc(OC)cc3)cc2c1. The molecule has 0 radical (unpaired) electrons. The van der Waals surface area contributed by atoms with Gasteiger partial charge in [0, 0.05) is 30.7 Å². The first kappa shape index (κ1) is 29.0. The predicted molar refractivity (Wildman–Crippen MR) is 172 cm³/mol. The van der Waals surface area contributed by atoms with Gasteiger partial charge >= 0.3 is 0 Å². The lowest BCUT2D eigenvalue weighted by Crippen LogP contribution is -2.35. The number of nitrogens with zero attached hydrogens (tertiary/aromatic N) is 5. The van der Waals surface area contributed by atoms with Crippen molar-refractivity contribution in [2.75, 3.05) is 7.11 Å². The van der Waals surface area contributed by atoms with E-state index in [1.807, 2.05) is 65.3 Å². The van der Waals surface area contributed by atoms with E-state index >= 15 is 0 Å². The molecule has 0 aliphatic rings. The molecule has 222 valence electrons. The average Bonchev–Trinajstić information content (AvgIpc) is 3.53. The Kier molecular flexibility index (Phi) is 8.89. The molecule has 6 rings (SSSR count). The summed E-state index contributed by atoms with van der Waals surface area (Å²) in [7, 11) is 1.66. The van der Waals surface area contributed by atoms with Crippen molar-refractivity contribution < 1.29 is 4.74 Å². The normalized spacial score (nSPS) is 12.1. The summed E-state index contributed by atoms with van der Waals surface area (Å²) in [4.78, 5) is 19.4. The summed E-state index contributed by atoms with van der Waals surface area (Å²) in [5.74, 6) is 1.42. The Morgan fingerprint density at radius 2 is 1.48 bits per heavy atom. The summed E-state index contributed by atoms with van der Waals surface area (Å²) in [6, 6.07) is 36.3. The molecule has 0 bridgehead atoms. The van der Waals surface area contributed by atoms with Gasteiger partial charge in [0.2, 0.25) is 0 Å². The van der Waals surface area contributed by atoms with Crippen molar-refractivity contribution in [2.45, 2.75) is 45.4 Å². The van der Waals surface area contributed by atoms with Gasteiger partial charge in [-0.05, 0) is 81.2 Å². The molecule has 8 nitrogen and oxygen atoms in total. The number of H-pyrrole nitrogens is 1. The van der Waals surface area contributed by atoms with Crippen molar-refractivity contribution in [3.8, 4) is 5.75 Å². The van der Waals surface area contributed by atoms with Crippen LogP contribution in [0.2, 0.25) is 0 Å². The van der Waals surface area contributed by atoms with Gasteiger partial charge in [-0.1, -0.05) is 85.8 Å². The van der Waals surface area contributed by atoms with Crippen LogP contribution in [0.15, 0.2) is 114 Å². The molecule has 1 N–H and O–H groups in total. The van der Waals surface area contributed by atoms with E-state index in [4.69, 9.17) is 4.74 Å². The zero-order chi connectivity index (χ0) is 30.3. The van der Waals surface area contributed by atoms with Gasteiger partial charge in [0.05, 0.1) is 7.11 Å². The lowest BCUT2D eigenvalue weighted by atomic mass is 10.00. The second-order valence-electron chi connectivity index (χ2n) is 11.0. The summed E-state index contributed by atoms with van der Waals surface area (Å²) < 4.78 is 7.25. The highest BCUT2D eigenvalue weighted by atomic mass is 16.5. The fourth-order valence-electron chi connectivity index (χ4n) is 5.66. The highest BCUT2D eigenvalue weighted by Gasteiger charge is 2.31. The molecule has 4 aromatic carbocycles. The van der Waals surface area contributed by atoms with Gasteiger partial charge in [-0.2, -0.15) is 0 Å². The first-order valence-electron chi connectivity index (χ1n) is 15.0. The minimum Gasteiger partial charge on any atom is -0.497 e. The summed E-state index contributed by atoms with van der Waals surface area (Å²) in [5, 5.41) is 14.1. The third kappa shape index (κ3) is 6.61. The number of nitrogens with one attached hydrogen (secondary N) is 1. The molecular formula is C36H36N6O2. The molecule has 0 fully saturated rings. The number of aromatic amines is 1. The quantitative estimate of drug-likeness (QED) is 0.186. The molecule has 0 unspecified atom stereocenters. The molecular weight excluding hydrogens is 548 g/mol. The molecule has 1 atom stereocenters. The highest BCUT2D eigenvalue weighted by molar-refractivity contribution is 5.80. The van der Waals surface area contributed by atoms with E-state index in [1.165, 1.54) is 11.1 Å². The number of pyridine rings is 1. The van der Waals surface area contributed by atoms with Gasteiger partial charge in [0.15, 0.2) is 5.82 Å². The van der Waals surface area contributed by atoms with E-state index in [2.05, 4.69) is 80.9 Å². The van der Waals surface area contributed by atoms with E-state index < -0.39 is 6.04 Å². The van der Waals surface area contributed by atoms with Gasteiger partial charge in [0.1, 0.15) is 11.8 Å². The zero-order valence-electron chi connectivity index (χ0n) is 25.1. The van der Waals surface area contributed by atoms with Crippen LogP contribution in [0.1, 0.15) is 46.6 Å². The number of aromatic nitrogens is 5. The van der Waals surface area contributed by atoms with Crippen LogP contribution in [0.5, 0.6) is 5.75 Å². The van der Waals surface area contributed by atoms with Crippen LogP contribution < -0.4 is 10.3 Å². The van der Waals surface area contributed by atoms with Crippen LogP contribution in [0, 0.1) is 0 Å². The predicted octanol–water partition coefficient (Wildman–Crippen LogP) is 6.12. The highest BCUT2D eigenvalue weighted by Crippen LogP contribution is 2.31. The fourth-order valence-corrected chi connectivity index (χ4v) is 5.66. The summed E-state index contributed by atoms with van der Waals surface area (Å²) >= 11 is 0. The first-order chi connectivity index (χ1) is 21.6. The summed E-state index contributed by atoms with van der Waals surface area (Å²) in [6.07, 6.45) is 1.67. The van der Waals surface area contributed by atoms with Gasteiger partial charge in [0.25, 0.3) is 5.56 Å². The molecule has 0 aliphatic carbocycles. The number of tetrazole rings is 1. The maximum Gasteiger partial charge on any atom is 0.253 e. The molecule has 44 heavy (non-hydrogen) atoms. The van der Waals surface area contributed by atoms with Gasteiger partial charge in [-0.15, -0.1) is 5.10 Å². The Bertz CT molecular complexity index is 1870. The Balaban J connectivity index is 1.49. The number of hydrogen-bond acceptors (Lipinski definition) is 6. The number of rotatable bonds is 12. The second kappa shape index (κ2) is 13.5. The maximum absolute atomic E-state index is 13.9. The standard InChI is InChI=1S/C36H36N6O2/c1-3-26-16-19-33-30(22-26)23-32(36(43)37-33)34(35-38-39-40-42(35)21-20-27-10-6-4-7-11-27)41(24-28-12-8-5-9-13-28)25-29-14-17-31(44-2)18-15-29/h4-19,22-23,34H,3,20-21,24-25H2,1-2H3,(H,37,43)/t34-/m1/s1. The molecule has 0 saturated carbocycles. The molecule has 2 heterocycles. The van der Waals surface area contributed by atoms with Crippen LogP contribution in [0.4, 0.5) is 0 Å². The van der Waals surface area contributed by atoms with Gasteiger partial charge in [-0.25, -0.2) is 4.68 Å². The second-order valence-corrected chi connectivity index (χ2v) is 11.0. The molecule has 0 spiro atoms. The Morgan fingerprint density at radius 3 is 2.16 bits per heavy atom. The van der Waals surface area contributed by atoms with E-state index in [0.717, 1.165) is 40.6 Å². The van der Waals surface area contributed by atoms with Crippen molar-refractivity contribution in [1.29, 1.82) is 0 Å². The first-order valence-corrected chi connectivity index (χ1v) is 15.0. The number of fused-ring (bicyclic) bond motifs is 1. The van der Waals surface area contributed by atoms with Crippen molar-refractivity contribution in [2.24, 2.45) is 0 Å². The van der Waals surface area contributed by atoms with E-state index in [0.29, 0.717) is 31.0 Å². The van der Waals surface area contributed by atoms with Crippen LogP contribution >= 0.6 is 0 Å². The maximum atomic E-state index is 13.9. The lowest BCUT2D eigenvalue weighted by molar-refractivity contribution is 0.193. The molecule has 0 saturated heterocycles. The third-order valence-corrected chi connectivity index (χ3v) is 8.04. The van der Waals surface area contributed by atoms with E-state index in [9.17, 15) is 4.79 Å². The smallest absolute Gasteiger partial charge is 0.253 e. The third-order valence-electron chi connectivity index (χ3n) is 8.04. The molecule has 0 amide bonds. The van der Waals surface area contributed by atoms with Crippen molar-refractivity contribution >= 4 is 10.9 Å². The Hall–Kier alpha value is -5.08. The zero-order valence-corrected chi connectivity index (χ0v) is 25.1. The van der Waals surface area contributed by atoms with Crippen LogP contribution in [-0.4, -0.2) is 37.2 Å². The number of benzene rings is 4. The van der Waals surface area contributed by atoms with Crippen LogP contribution in [0.25, 0.3) is 10.9 Å². The van der Waals surface area contributed by atoms with Crippen molar-refractivity contribution in [3.63, 3.8) is 0 Å². The monoisotopic (exact) mass is 584 g/mol. The molecule has 2 aromatic heterocycles. The van der Waals surface area contributed by atoms with Crippen molar-refractivity contribution in [3.05, 3.63) is 153 Å². The largest absolute Gasteiger partial charge is 0.497 e. The molecule has 0 aliphatic heterocycles. The number of hydrogen-bond donors (Lipinski definition) is 1. The fraction of sp³-hybridized carbons (Fsp3) is 0.222. The minimum atomic E-state index is -0.526. The molecule has 8 heteroatoms. The topological polar surface area (TPSA) is 88.9 Å². The van der Waals surface area contributed by atoms with Crippen LogP contribution in [0.3, 0.4) is 0 Å². The van der Waals surface area contributed by atoms with Gasteiger partial charge < -0.3 is 9.72 Å². The van der Waals surface area contributed by atoms with Gasteiger partial charge in [-0.3, -0.25) is 9.69 Å². The van der Waals surface area contributed by atoms with E-state index in [1.54, 1.807) is 7.11 Å². The number of methoxy groups -OCH3 is 1. The average molecular weight is 585 g/mol. The Labute approximate surface area is 256 Å². The minimum absolute atomic E-state index is 0.155. The van der Waals surface area contributed by atoms with E-state index in [-0.39, 0.29) is 5.56 Å². The Morgan fingerprint density at radius 1 is 0.818 bits per heavy atom. The number of aryl methyl sites for hydroxylation is 3.